The van der Waals surface area contributed by atoms with E-state index in [2.05, 4.69) is 4.36 Å². The average Bonchev–Trinajstić information content (AvgIpc) is 3.20. The Labute approximate surface area is 237 Å². The largest absolute Gasteiger partial charge is 0.496 e. The van der Waals surface area contributed by atoms with E-state index in [1.54, 1.807) is 14.0 Å². The number of carbonyl (C=O) groups excluding carboxylic acids is 1. The number of aromatic nitrogens is 2. The van der Waals surface area contributed by atoms with Crippen molar-refractivity contribution in [3.63, 3.8) is 0 Å². The Kier molecular flexibility index (Phi) is 8.60. The Hall–Kier alpha value is -3.00. The number of primary amides is 1. The van der Waals surface area contributed by atoms with Crippen molar-refractivity contribution in [1.29, 1.82) is 0 Å². The zero-order valence-electron chi connectivity index (χ0n) is 23.6. The second-order valence-corrected chi connectivity index (χ2v) is 14.1. The van der Waals surface area contributed by atoms with Gasteiger partial charge in [0, 0.05) is 46.6 Å². The van der Waals surface area contributed by atoms with Crippen LogP contribution in [0.25, 0.3) is 10.2 Å². The van der Waals surface area contributed by atoms with Gasteiger partial charge in [0.15, 0.2) is 0 Å². The molecule has 1 fully saturated rings. The zero-order valence-corrected chi connectivity index (χ0v) is 25.2. The van der Waals surface area contributed by atoms with E-state index in [0.29, 0.717) is 47.2 Å². The number of rotatable bonds is 9. The summed E-state index contributed by atoms with van der Waals surface area (Å²) in [5.41, 5.74) is 3.87. The molecular weight excluding hydrogens is 556 g/mol. The number of ether oxygens (including phenoxy) is 3. The van der Waals surface area contributed by atoms with Gasteiger partial charge in [0.1, 0.15) is 27.2 Å². The van der Waals surface area contributed by atoms with Crippen LogP contribution in [0.5, 0.6) is 5.75 Å². The molecule has 2 N–H and O–H groups in total. The lowest BCUT2D eigenvalue weighted by Gasteiger charge is -2.30. The Morgan fingerprint density at radius 2 is 1.90 bits per heavy atom. The minimum atomic E-state index is -2.57. The summed E-state index contributed by atoms with van der Waals surface area (Å²) in [6.45, 7) is 5.69. The first-order chi connectivity index (χ1) is 18.8. The maximum absolute atomic E-state index is 14.1. The fourth-order valence-corrected chi connectivity index (χ4v) is 7.01. The van der Waals surface area contributed by atoms with Gasteiger partial charge in [0.2, 0.25) is 5.91 Å². The average molecular weight is 593 g/mol. The van der Waals surface area contributed by atoms with Gasteiger partial charge < -0.3 is 19.9 Å². The van der Waals surface area contributed by atoms with E-state index in [-0.39, 0.29) is 18.0 Å². The van der Waals surface area contributed by atoms with Crippen LogP contribution >= 0.6 is 11.3 Å². The molecule has 0 radical (unpaired) electrons. The summed E-state index contributed by atoms with van der Waals surface area (Å²) >= 11 is 1.11. The third-order valence-electron chi connectivity index (χ3n) is 7.01. The molecule has 40 heavy (non-hydrogen) atoms. The molecule has 13 heteroatoms. The number of hydrogen-bond donors (Lipinski definition) is 1. The summed E-state index contributed by atoms with van der Waals surface area (Å²) in [4.78, 5) is 40.7. The van der Waals surface area contributed by atoms with Gasteiger partial charge in [-0.1, -0.05) is 29.5 Å². The normalized spacial score (nSPS) is 15.8. The highest BCUT2D eigenvalue weighted by Gasteiger charge is 2.35. The molecule has 3 aromatic rings. The third kappa shape index (κ3) is 5.87. The second-order valence-electron chi connectivity index (χ2n) is 10.6. The molecule has 1 saturated heterocycles. The minimum absolute atomic E-state index is 0.00913. The van der Waals surface area contributed by atoms with Crippen molar-refractivity contribution in [2.24, 2.45) is 10.1 Å². The molecule has 1 aromatic carbocycles. The molecular formula is C27H36N4O7S2. The Morgan fingerprint density at radius 1 is 1.25 bits per heavy atom. The van der Waals surface area contributed by atoms with Crippen LogP contribution in [0.1, 0.15) is 43.9 Å². The van der Waals surface area contributed by atoms with Crippen LogP contribution in [0.4, 0.5) is 5.00 Å². The first kappa shape index (κ1) is 30.0. The molecule has 1 atom stereocenters. The van der Waals surface area contributed by atoms with Crippen molar-refractivity contribution in [1.82, 2.24) is 9.13 Å². The highest BCUT2D eigenvalue weighted by Crippen LogP contribution is 2.38. The first-order valence-corrected chi connectivity index (χ1v) is 16.0. The van der Waals surface area contributed by atoms with Crippen LogP contribution in [-0.2, 0) is 36.1 Å². The number of thiophene rings is 1. The standard InChI is InChI=1S/C27H36N4O7S2/c1-16-21-23(32)31(27(2,3)25(28)33)26(34)30(24(21)39-22(16)29-40(5,6)35)15-20(38-17-11-13-37-14-12-17)18-9-7-8-10-19(18)36-4/h7-10,17,20H,11-15H2,1-6H3,(H2,28,33)/t20-/m0/s1. The Bertz CT molecular complexity index is 1660. The molecule has 0 aliphatic carbocycles. The third-order valence-corrected chi connectivity index (χ3v) is 8.96. The predicted octanol–water partition coefficient (Wildman–Crippen LogP) is 3.06. The molecule has 0 unspecified atom stereocenters. The number of nitrogens with zero attached hydrogens (tertiary/aromatic N) is 3. The first-order valence-electron chi connectivity index (χ1n) is 12.9. The quantitative estimate of drug-likeness (QED) is 0.402. The molecule has 3 heterocycles. The van der Waals surface area contributed by atoms with E-state index in [1.165, 1.54) is 30.9 Å². The molecule has 1 amide bonds. The number of methoxy groups -OCH3 is 1. The monoisotopic (exact) mass is 592 g/mol. The summed E-state index contributed by atoms with van der Waals surface area (Å²) in [6.07, 6.45) is 3.60. The smallest absolute Gasteiger partial charge is 0.333 e. The highest BCUT2D eigenvalue weighted by atomic mass is 32.2. The van der Waals surface area contributed by atoms with Crippen molar-refractivity contribution in [2.45, 2.75) is 57.9 Å². The molecule has 1 aliphatic rings. The number of carbonyl (C=O) groups is 1. The molecule has 0 saturated carbocycles. The zero-order chi connectivity index (χ0) is 29.4. The molecule has 1 aliphatic heterocycles. The van der Waals surface area contributed by atoms with E-state index in [0.717, 1.165) is 21.5 Å². The van der Waals surface area contributed by atoms with E-state index >= 15 is 0 Å². The summed E-state index contributed by atoms with van der Waals surface area (Å²) in [5.74, 6) is -0.246. The molecule has 218 valence electrons. The highest BCUT2D eigenvalue weighted by molar-refractivity contribution is 7.92. The van der Waals surface area contributed by atoms with E-state index in [9.17, 15) is 18.6 Å². The Balaban J connectivity index is 2.02. The summed E-state index contributed by atoms with van der Waals surface area (Å²) in [5, 5.41) is 0.593. The lowest BCUT2D eigenvalue weighted by molar-refractivity contribution is -0.125. The van der Waals surface area contributed by atoms with Gasteiger partial charge in [-0.05, 0) is 39.7 Å². The minimum Gasteiger partial charge on any atom is -0.496 e. The number of nitrogens with two attached hydrogens (primary N) is 1. The summed E-state index contributed by atoms with van der Waals surface area (Å²) in [7, 11) is -1.00. The SMILES string of the molecule is COc1ccccc1[C@H](Cn1c(=O)n(C(C)(C)C(N)=O)c(=O)c2c(C)c(N=S(C)(C)=O)sc21)OC1CCOCC1. The van der Waals surface area contributed by atoms with Crippen molar-refractivity contribution in [3.8, 4) is 5.75 Å². The number of fused-ring (bicyclic) bond motifs is 1. The van der Waals surface area contributed by atoms with Crippen LogP contribution < -0.4 is 21.7 Å². The number of benzene rings is 1. The van der Waals surface area contributed by atoms with Gasteiger partial charge in [-0.15, -0.1) is 0 Å². The van der Waals surface area contributed by atoms with Gasteiger partial charge in [0.05, 0.1) is 25.1 Å². The van der Waals surface area contributed by atoms with E-state index < -0.39 is 38.5 Å². The lowest BCUT2D eigenvalue weighted by atomic mass is 10.0. The number of aryl methyl sites for hydroxylation is 1. The molecule has 2 aromatic heterocycles. The van der Waals surface area contributed by atoms with Crippen LogP contribution in [0.2, 0.25) is 0 Å². The van der Waals surface area contributed by atoms with Crippen LogP contribution in [0.3, 0.4) is 0 Å². The molecule has 0 bridgehead atoms. The molecule has 4 rings (SSSR count). The molecule has 11 nitrogen and oxygen atoms in total. The van der Waals surface area contributed by atoms with Crippen molar-refractivity contribution in [2.75, 3.05) is 32.8 Å². The van der Waals surface area contributed by atoms with Crippen LogP contribution in [0, 0.1) is 6.92 Å². The van der Waals surface area contributed by atoms with Gasteiger partial charge in [-0.25, -0.2) is 13.6 Å². The van der Waals surface area contributed by atoms with Gasteiger partial charge in [0.25, 0.3) is 5.56 Å². The number of amides is 1. The van der Waals surface area contributed by atoms with Gasteiger partial charge in [-0.2, -0.15) is 4.36 Å². The van der Waals surface area contributed by atoms with E-state index in [4.69, 9.17) is 19.9 Å². The van der Waals surface area contributed by atoms with Crippen molar-refractivity contribution < 1.29 is 23.2 Å². The van der Waals surface area contributed by atoms with E-state index in [1.807, 2.05) is 24.3 Å². The van der Waals surface area contributed by atoms with Crippen molar-refractivity contribution in [3.05, 3.63) is 56.2 Å². The van der Waals surface area contributed by atoms with Crippen LogP contribution in [-0.4, -0.2) is 58.2 Å². The Morgan fingerprint density at radius 3 is 2.50 bits per heavy atom. The van der Waals surface area contributed by atoms with Crippen LogP contribution in [0.15, 0.2) is 38.2 Å². The number of hydrogen-bond acceptors (Lipinski definition) is 9. The fourth-order valence-electron chi connectivity index (χ4n) is 4.74. The maximum Gasteiger partial charge on any atom is 0.333 e. The summed E-state index contributed by atoms with van der Waals surface area (Å²) < 4.78 is 37.0. The fraction of sp³-hybridized carbons (Fsp3) is 0.519. The predicted molar refractivity (Wildman–Crippen MR) is 156 cm³/mol. The van der Waals surface area contributed by atoms with Crippen molar-refractivity contribution >= 4 is 42.2 Å². The second kappa shape index (κ2) is 11.5. The summed E-state index contributed by atoms with van der Waals surface area (Å²) in [6, 6.07) is 7.39. The van der Waals surface area contributed by atoms with Gasteiger partial charge >= 0.3 is 5.69 Å². The number of para-hydroxylation sites is 1. The maximum atomic E-state index is 14.1. The van der Waals surface area contributed by atoms with Gasteiger partial charge in [-0.3, -0.25) is 14.2 Å². The lowest BCUT2D eigenvalue weighted by Crippen LogP contribution is -2.54. The molecule has 0 spiro atoms. The topological polar surface area (TPSA) is 144 Å².